The Labute approximate surface area is 141 Å². The van der Waals surface area contributed by atoms with E-state index in [9.17, 15) is 4.79 Å². The molecule has 0 amide bonds. The van der Waals surface area contributed by atoms with Crippen LogP contribution in [0.3, 0.4) is 0 Å². The molecule has 0 radical (unpaired) electrons. The molecule has 4 heteroatoms. The lowest BCUT2D eigenvalue weighted by molar-refractivity contribution is -0.136. The summed E-state index contributed by atoms with van der Waals surface area (Å²) in [4.78, 5) is 10.7. The van der Waals surface area contributed by atoms with E-state index in [1.807, 2.05) is 37.3 Å². The number of aliphatic carboxylic acids is 1. The average Bonchev–Trinajstić information content (AvgIpc) is 3.22. The largest absolute Gasteiger partial charge is 0.489 e. The van der Waals surface area contributed by atoms with Crippen molar-refractivity contribution < 1.29 is 19.1 Å². The normalized spacial score (nSPS) is 14.2. The molecule has 1 aromatic heterocycles. The molecule has 24 heavy (non-hydrogen) atoms. The fourth-order valence-corrected chi connectivity index (χ4v) is 3.16. The minimum Gasteiger partial charge on any atom is -0.489 e. The Morgan fingerprint density at radius 3 is 2.88 bits per heavy atom. The summed E-state index contributed by atoms with van der Waals surface area (Å²) in [5.74, 6) is 1.03. The molecule has 1 heterocycles. The van der Waals surface area contributed by atoms with Crippen molar-refractivity contribution in [2.75, 3.05) is 6.61 Å². The maximum Gasteiger partial charge on any atom is 0.303 e. The van der Waals surface area contributed by atoms with Gasteiger partial charge in [0, 0.05) is 6.42 Å². The van der Waals surface area contributed by atoms with E-state index >= 15 is 0 Å². The summed E-state index contributed by atoms with van der Waals surface area (Å²) in [5, 5.41) is 8.77. The van der Waals surface area contributed by atoms with E-state index in [0.29, 0.717) is 13.0 Å². The van der Waals surface area contributed by atoms with Crippen LogP contribution in [0, 0.1) is 6.92 Å². The second kappa shape index (κ2) is 7.39. The van der Waals surface area contributed by atoms with E-state index in [4.69, 9.17) is 14.3 Å². The van der Waals surface area contributed by atoms with Gasteiger partial charge < -0.3 is 14.3 Å². The van der Waals surface area contributed by atoms with Gasteiger partial charge in [-0.1, -0.05) is 12.1 Å². The smallest absolute Gasteiger partial charge is 0.303 e. The van der Waals surface area contributed by atoms with Crippen LogP contribution in [0.4, 0.5) is 0 Å². The highest BCUT2D eigenvalue weighted by Gasteiger charge is 2.18. The second-order valence-electron chi connectivity index (χ2n) is 6.20. The first-order valence-electron chi connectivity index (χ1n) is 8.32. The van der Waals surface area contributed by atoms with E-state index < -0.39 is 5.97 Å². The van der Waals surface area contributed by atoms with Crippen LogP contribution in [0.2, 0.25) is 0 Å². The summed E-state index contributed by atoms with van der Waals surface area (Å²) < 4.78 is 11.5. The number of hydrogen-bond donors (Lipinski definition) is 1. The number of benzene rings is 1. The van der Waals surface area contributed by atoms with Crippen LogP contribution in [0.1, 0.15) is 42.6 Å². The van der Waals surface area contributed by atoms with Gasteiger partial charge >= 0.3 is 5.97 Å². The zero-order chi connectivity index (χ0) is 16.9. The van der Waals surface area contributed by atoms with Gasteiger partial charge in [-0.25, -0.2) is 0 Å². The quantitative estimate of drug-likeness (QED) is 0.806. The molecule has 0 aliphatic heterocycles. The van der Waals surface area contributed by atoms with Gasteiger partial charge in [0.2, 0.25) is 0 Å². The number of ether oxygens (including phenoxy) is 1. The highest BCUT2D eigenvalue weighted by molar-refractivity contribution is 5.67. The monoisotopic (exact) mass is 326 g/mol. The van der Waals surface area contributed by atoms with Crippen LogP contribution in [0.15, 0.2) is 46.6 Å². The van der Waals surface area contributed by atoms with Crippen molar-refractivity contribution >= 4 is 11.5 Å². The van der Waals surface area contributed by atoms with Gasteiger partial charge in [0.25, 0.3) is 0 Å². The molecule has 0 saturated heterocycles. The van der Waals surface area contributed by atoms with Crippen molar-refractivity contribution in [2.24, 2.45) is 0 Å². The molecule has 2 aromatic rings. The Morgan fingerprint density at radius 2 is 2.17 bits per heavy atom. The van der Waals surface area contributed by atoms with Gasteiger partial charge in [0.15, 0.2) is 0 Å². The lowest BCUT2D eigenvalue weighted by Crippen LogP contribution is -2.03. The highest BCUT2D eigenvalue weighted by atomic mass is 16.5. The van der Waals surface area contributed by atoms with Crippen molar-refractivity contribution in [1.82, 2.24) is 0 Å². The van der Waals surface area contributed by atoms with Crippen LogP contribution in [-0.4, -0.2) is 17.7 Å². The Bertz CT molecular complexity index is 741. The number of allylic oxidation sites excluding steroid dienone is 1. The second-order valence-corrected chi connectivity index (χ2v) is 6.20. The lowest BCUT2D eigenvalue weighted by atomic mass is 10.1. The summed E-state index contributed by atoms with van der Waals surface area (Å²) in [5.41, 5.74) is 4.64. The van der Waals surface area contributed by atoms with Gasteiger partial charge in [-0.3, -0.25) is 4.79 Å². The Hall–Kier alpha value is -2.49. The van der Waals surface area contributed by atoms with Crippen LogP contribution >= 0.6 is 0 Å². The van der Waals surface area contributed by atoms with Crippen LogP contribution in [0.25, 0.3) is 5.57 Å². The molecular weight excluding hydrogens is 304 g/mol. The molecule has 4 nitrogen and oxygen atoms in total. The van der Waals surface area contributed by atoms with Crippen LogP contribution in [-0.2, 0) is 11.2 Å². The molecule has 1 aliphatic rings. The fraction of sp³-hybridized carbons (Fsp3) is 0.350. The number of carboxylic acid groups (broad SMARTS) is 1. The number of furan rings is 1. The molecule has 0 fully saturated rings. The zero-order valence-electron chi connectivity index (χ0n) is 13.9. The molecule has 0 atom stereocenters. The molecule has 1 N–H and O–H groups in total. The van der Waals surface area contributed by atoms with Gasteiger partial charge in [0.05, 0.1) is 6.26 Å². The number of aryl methyl sites for hydroxylation is 2. The Balaban J connectivity index is 1.66. The SMILES string of the molecule is Cc1cc(CCC(=O)O)ccc1OCC1=C(c2ccco2)CCC1. The molecule has 0 saturated carbocycles. The average molecular weight is 326 g/mol. The zero-order valence-corrected chi connectivity index (χ0v) is 13.9. The van der Waals surface area contributed by atoms with E-state index in [1.54, 1.807) is 6.26 Å². The third-order valence-corrected chi connectivity index (χ3v) is 4.42. The molecular formula is C20H22O4. The first kappa shape index (κ1) is 16.4. The van der Waals surface area contributed by atoms with Crippen molar-refractivity contribution in [1.29, 1.82) is 0 Å². The predicted molar refractivity (Wildman–Crippen MR) is 92.1 cm³/mol. The minimum atomic E-state index is -0.772. The number of rotatable bonds is 7. The van der Waals surface area contributed by atoms with Gasteiger partial charge in [-0.15, -0.1) is 0 Å². The van der Waals surface area contributed by atoms with E-state index in [-0.39, 0.29) is 6.42 Å². The summed E-state index contributed by atoms with van der Waals surface area (Å²) in [7, 11) is 0. The van der Waals surface area contributed by atoms with E-state index in [1.165, 1.54) is 11.1 Å². The van der Waals surface area contributed by atoms with Gasteiger partial charge in [-0.2, -0.15) is 0 Å². The van der Waals surface area contributed by atoms with Crippen LogP contribution < -0.4 is 4.74 Å². The molecule has 3 rings (SSSR count). The molecule has 126 valence electrons. The van der Waals surface area contributed by atoms with Gasteiger partial charge in [-0.05, 0) is 73.1 Å². The minimum absolute atomic E-state index is 0.152. The lowest BCUT2D eigenvalue weighted by Gasteiger charge is -2.12. The first-order valence-corrected chi connectivity index (χ1v) is 8.32. The summed E-state index contributed by atoms with van der Waals surface area (Å²) >= 11 is 0. The highest BCUT2D eigenvalue weighted by Crippen LogP contribution is 2.34. The van der Waals surface area contributed by atoms with Crippen LogP contribution in [0.5, 0.6) is 5.75 Å². The molecule has 0 unspecified atom stereocenters. The summed E-state index contributed by atoms with van der Waals surface area (Å²) in [6.07, 6.45) is 5.63. The molecule has 1 aliphatic carbocycles. The number of hydrogen-bond acceptors (Lipinski definition) is 3. The Kier molecular flexibility index (Phi) is 5.04. The molecule has 0 bridgehead atoms. The number of carbonyl (C=O) groups is 1. The third-order valence-electron chi connectivity index (χ3n) is 4.42. The van der Waals surface area contributed by atoms with Crippen molar-refractivity contribution in [3.8, 4) is 5.75 Å². The standard InChI is InChI=1S/C20H22O4/c1-14-12-15(8-10-20(21)22)7-9-18(14)24-13-16-4-2-5-17(16)19-6-3-11-23-19/h3,6-7,9,11-12H,2,4-5,8,10,13H2,1H3,(H,21,22). The van der Waals surface area contributed by atoms with E-state index in [0.717, 1.165) is 41.9 Å². The van der Waals surface area contributed by atoms with Crippen molar-refractivity contribution in [3.63, 3.8) is 0 Å². The van der Waals surface area contributed by atoms with E-state index in [2.05, 4.69) is 0 Å². The van der Waals surface area contributed by atoms with Crippen molar-refractivity contribution in [3.05, 3.63) is 59.1 Å². The predicted octanol–water partition coefficient (Wildman–Crippen LogP) is 4.62. The molecule has 0 spiro atoms. The Morgan fingerprint density at radius 1 is 1.29 bits per heavy atom. The van der Waals surface area contributed by atoms with Crippen molar-refractivity contribution in [2.45, 2.75) is 39.0 Å². The topological polar surface area (TPSA) is 59.7 Å². The third kappa shape index (κ3) is 3.88. The molecule has 1 aromatic carbocycles. The van der Waals surface area contributed by atoms with Gasteiger partial charge in [0.1, 0.15) is 18.1 Å². The number of carboxylic acids is 1. The summed E-state index contributed by atoms with van der Waals surface area (Å²) in [6.45, 7) is 2.57. The maximum atomic E-state index is 10.7. The maximum absolute atomic E-state index is 10.7. The fourth-order valence-electron chi connectivity index (χ4n) is 3.16. The summed E-state index contributed by atoms with van der Waals surface area (Å²) in [6, 6.07) is 9.81. The first-order chi connectivity index (χ1) is 11.6.